The van der Waals surface area contributed by atoms with Gasteiger partial charge in [-0.2, -0.15) is 5.10 Å². The van der Waals surface area contributed by atoms with E-state index in [0.717, 1.165) is 22.6 Å². The quantitative estimate of drug-likeness (QED) is 0.0357. The van der Waals surface area contributed by atoms with Crippen LogP contribution in [0.1, 0.15) is 85.1 Å². The minimum Gasteiger partial charge on any atom is -0.444 e. The van der Waals surface area contributed by atoms with Gasteiger partial charge in [0.2, 0.25) is 17.7 Å². The van der Waals surface area contributed by atoms with E-state index in [-0.39, 0.29) is 43.4 Å². The SMILES string of the molecule is CC1(NC(=O)OC(C)(C)C)CCN(c2ccc(Sc3cccc(NC(=O)CCC(=O)NCCCOCCOCCOCCCNc4ccc5cnn(C6CCC(=O)NC6=O)c(=O)c5c4)c3Cl)c(N)n2)CC1. The second kappa shape index (κ2) is 25.9. The van der Waals surface area contributed by atoms with E-state index in [1.807, 2.05) is 52.0 Å². The zero-order chi connectivity index (χ0) is 51.0. The number of amides is 5. The van der Waals surface area contributed by atoms with Gasteiger partial charge in [0.15, 0.2) is 0 Å². The summed E-state index contributed by atoms with van der Waals surface area (Å²) in [6.07, 6.45) is 4.23. The molecule has 2 fully saturated rings. The summed E-state index contributed by atoms with van der Waals surface area (Å²) in [4.78, 5) is 82.8. The lowest BCUT2D eigenvalue weighted by Crippen LogP contribution is -2.54. The minimum atomic E-state index is -0.823. The van der Waals surface area contributed by atoms with Gasteiger partial charge in [0.05, 0.1) is 53.6 Å². The normalized spacial score (nSPS) is 15.8. The Morgan fingerprint density at radius 2 is 1.59 bits per heavy atom. The number of nitrogens with two attached hydrogens (primary N) is 1. The van der Waals surface area contributed by atoms with Gasteiger partial charge in [-0.15, -0.1) is 0 Å². The van der Waals surface area contributed by atoms with Crippen LogP contribution in [0.3, 0.4) is 0 Å². The molecule has 4 heterocycles. The van der Waals surface area contributed by atoms with Crippen molar-refractivity contribution in [3.63, 3.8) is 0 Å². The van der Waals surface area contributed by atoms with E-state index in [4.69, 9.17) is 36.3 Å². The largest absolute Gasteiger partial charge is 0.444 e. The Labute approximate surface area is 422 Å². The topological polar surface area (TPSA) is 259 Å². The Morgan fingerprint density at radius 3 is 2.28 bits per heavy atom. The Bertz CT molecular complexity index is 2570. The van der Waals surface area contributed by atoms with Crippen molar-refractivity contribution >= 4 is 86.9 Å². The van der Waals surface area contributed by atoms with Gasteiger partial charge in [0.1, 0.15) is 23.3 Å². The first-order valence-corrected chi connectivity index (χ1v) is 25.0. The van der Waals surface area contributed by atoms with Crippen molar-refractivity contribution in [3.8, 4) is 0 Å². The number of fused-ring (bicyclic) bond motifs is 1. The number of hydrogen-bond acceptors (Lipinski definition) is 16. The third kappa shape index (κ3) is 16.8. The Balaban J connectivity index is 0.772. The molecule has 0 spiro atoms. The van der Waals surface area contributed by atoms with Gasteiger partial charge in [0, 0.05) is 80.2 Å². The molecule has 2 saturated heterocycles. The zero-order valence-electron chi connectivity index (χ0n) is 40.7. The Morgan fingerprint density at radius 1 is 0.901 bits per heavy atom. The van der Waals surface area contributed by atoms with Crippen molar-refractivity contribution in [2.24, 2.45) is 0 Å². The monoisotopic (exact) mass is 1020 g/mol. The number of halogens is 1. The highest BCUT2D eigenvalue weighted by atomic mass is 35.5. The molecule has 22 heteroatoms. The molecule has 0 saturated carbocycles. The van der Waals surface area contributed by atoms with Crippen LogP contribution in [0.4, 0.5) is 27.8 Å². The van der Waals surface area contributed by atoms with Crippen LogP contribution in [0.15, 0.2) is 69.3 Å². The Kier molecular flexibility index (Phi) is 19.8. The fraction of sp³-hybridized carbons (Fsp3) is 0.510. The number of aromatic nitrogens is 3. The van der Waals surface area contributed by atoms with Gasteiger partial charge in [0.25, 0.3) is 11.5 Å². The highest BCUT2D eigenvalue weighted by Gasteiger charge is 2.34. The van der Waals surface area contributed by atoms with Crippen molar-refractivity contribution < 1.29 is 42.9 Å². The predicted molar refractivity (Wildman–Crippen MR) is 272 cm³/mol. The molecule has 384 valence electrons. The number of anilines is 4. The van der Waals surface area contributed by atoms with Gasteiger partial charge in [-0.1, -0.05) is 35.5 Å². The van der Waals surface area contributed by atoms with Crippen molar-refractivity contribution in [1.29, 1.82) is 0 Å². The van der Waals surface area contributed by atoms with Crippen molar-refractivity contribution in [1.82, 2.24) is 30.7 Å². The number of carbonyl (C=O) groups excluding carboxylic acids is 5. The average molecular weight is 1020 g/mol. The number of ether oxygens (including phenoxy) is 4. The molecule has 1 atom stereocenters. The molecule has 2 aliphatic rings. The second-order valence-corrected chi connectivity index (χ2v) is 19.9. The molecule has 2 aromatic carbocycles. The van der Waals surface area contributed by atoms with Crippen molar-refractivity contribution in [3.05, 3.63) is 70.1 Å². The molecule has 7 N–H and O–H groups in total. The van der Waals surface area contributed by atoms with E-state index in [0.29, 0.717) is 122 Å². The number of alkyl carbamates (subject to hydrolysis) is 1. The van der Waals surface area contributed by atoms with E-state index in [1.54, 1.807) is 30.5 Å². The first-order chi connectivity index (χ1) is 34.0. The summed E-state index contributed by atoms with van der Waals surface area (Å²) in [5, 5.41) is 19.8. The summed E-state index contributed by atoms with van der Waals surface area (Å²) >= 11 is 8.06. The molecule has 6 rings (SSSR count). The van der Waals surface area contributed by atoms with Crippen LogP contribution in [0.2, 0.25) is 5.02 Å². The smallest absolute Gasteiger partial charge is 0.408 e. The van der Waals surface area contributed by atoms with Crippen LogP contribution in [-0.4, -0.2) is 121 Å². The van der Waals surface area contributed by atoms with Gasteiger partial charge in [-0.05, 0) is 96.2 Å². The minimum absolute atomic E-state index is 0.0117. The molecule has 5 amide bonds. The third-order valence-corrected chi connectivity index (χ3v) is 13.2. The lowest BCUT2D eigenvalue weighted by molar-refractivity contribution is -0.136. The van der Waals surface area contributed by atoms with E-state index in [9.17, 15) is 28.8 Å². The second-order valence-electron chi connectivity index (χ2n) is 18.5. The first-order valence-electron chi connectivity index (χ1n) is 23.8. The molecular formula is C49H65ClN10O10S. The van der Waals surface area contributed by atoms with Gasteiger partial charge in [-0.3, -0.25) is 29.3 Å². The van der Waals surface area contributed by atoms with Crippen molar-refractivity contribution in [2.75, 3.05) is 87.1 Å². The summed E-state index contributed by atoms with van der Waals surface area (Å²) in [6.45, 7) is 12.5. The number of piperidine rings is 2. The van der Waals surface area contributed by atoms with E-state index in [1.165, 1.54) is 11.8 Å². The summed E-state index contributed by atoms with van der Waals surface area (Å²) in [6, 6.07) is 13.7. The fourth-order valence-corrected chi connectivity index (χ4v) is 8.86. The first kappa shape index (κ1) is 54.3. The van der Waals surface area contributed by atoms with Crippen LogP contribution in [0, 0.1) is 0 Å². The number of nitrogen functional groups attached to an aromatic ring is 1. The highest BCUT2D eigenvalue weighted by molar-refractivity contribution is 7.99. The number of benzene rings is 2. The maximum absolute atomic E-state index is 13.1. The molecule has 4 aromatic rings. The summed E-state index contributed by atoms with van der Waals surface area (Å²) in [5.41, 5.74) is 6.23. The van der Waals surface area contributed by atoms with E-state index >= 15 is 0 Å². The number of carbonyl (C=O) groups is 5. The molecule has 0 aliphatic carbocycles. The fourth-order valence-electron chi connectivity index (χ4n) is 7.70. The number of pyridine rings is 1. The number of imide groups is 1. The molecule has 0 radical (unpaired) electrons. The standard InChI is InChI=1S/C49H65ClN10O10S/c1-48(2,3)70-47(66)58-49(4)18-22-59(23-19-49)39-14-13-38(44(51)56-39)71-37-9-5-8-35(43(37)50)55-41(62)17-16-40(61)53-21-7-25-68-27-29-69-28-26-67-24-6-20-52-33-11-10-32-31-54-60(46(65)34(32)30-33)36-12-15-42(63)57-45(36)64/h5,8-11,13-14,30-31,36,52H,6-7,12,15-29H2,1-4H3,(H2,51,56)(H,53,61)(H,55,62)(H,58,66)(H,57,63,64). The van der Waals surface area contributed by atoms with Gasteiger partial charge < -0.3 is 50.8 Å². The highest BCUT2D eigenvalue weighted by Crippen LogP contribution is 2.40. The van der Waals surface area contributed by atoms with Crippen LogP contribution in [0.5, 0.6) is 0 Å². The predicted octanol–water partition coefficient (Wildman–Crippen LogP) is 5.82. The van der Waals surface area contributed by atoms with Crippen LogP contribution < -0.4 is 42.8 Å². The number of nitrogens with one attached hydrogen (secondary N) is 5. The van der Waals surface area contributed by atoms with E-state index in [2.05, 4.69) is 41.6 Å². The number of rotatable bonds is 24. The lowest BCUT2D eigenvalue weighted by atomic mass is 9.90. The maximum Gasteiger partial charge on any atom is 0.408 e. The summed E-state index contributed by atoms with van der Waals surface area (Å²) < 4.78 is 23.4. The molecule has 0 bridgehead atoms. The van der Waals surface area contributed by atoms with Gasteiger partial charge in [-0.25, -0.2) is 14.5 Å². The summed E-state index contributed by atoms with van der Waals surface area (Å²) in [5.74, 6) is -0.394. The molecule has 1 unspecified atom stereocenters. The van der Waals surface area contributed by atoms with Crippen LogP contribution in [-0.2, 0) is 38.1 Å². The molecule has 2 aliphatic heterocycles. The molecule has 2 aromatic heterocycles. The van der Waals surface area contributed by atoms with Crippen LogP contribution in [0.25, 0.3) is 10.8 Å². The van der Waals surface area contributed by atoms with Crippen molar-refractivity contribution in [2.45, 2.75) is 106 Å². The van der Waals surface area contributed by atoms with Crippen LogP contribution >= 0.6 is 23.4 Å². The molecular weight excluding hydrogens is 956 g/mol. The maximum atomic E-state index is 13.1. The molecule has 71 heavy (non-hydrogen) atoms. The zero-order valence-corrected chi connectivity index (χ0v) is 42.3. The summed E-state index contributed by atoms with van der Waals surface area (Å²) in [7, 11) is 0. The lowest BCUT2D eigenvalue weighted by Gasteiger charge is -2.40. The third-order valence-electron chi connectivity index (χ3n) is 11.5. The van der Waals surface area contributed by atoms with Gasteiger partial charge >= 0.3 is 6.09 Å². The Hall–Kier alpha value is -6.00. The number of hydrogen-bond donors (Lipinski definition) is 6. The average Bonchev–Trinajstić information content (AvgIpc) is 3.31. The number of nitrogens with zero attached hydrogens (tertiary/aromatic N) is 4. The van der Waals surface area contributed by atoms with E-state index < -0.39 is 34.7 Å². The molecule has 20 nitrogen and oxygen atoms in total.